The number of para-hydroxylation sites is 2. The van der Waals surface area contributed by atoms with Crippen LogP contribution in [0.25, 0.3) is 0 Å². The van der Waals surface area contributed by atoms with E-state index in [0.717, 1.165) is 5.69 Å². The SMILES string of the molecule is CC1=Nc2ccccc2C1(C)C.[CH2-]C.[CH2-][N+]1=C(C)C(C)(C)c2ccccc21.[Y].[Y]. The summed E-state index contributed by atoms with van der Waals surface area (Å²) in [5.41, 5.74) is 7.90. The Balaban J connectivity index is 0.000000469. The van der Waals surface area contributed by atoms with Crippen LogP contribution >= 0.6 is 0 Å². The molecule has 150 valence electrons. The molecule has 2 heterocycles. The van der Waals surface area contributed by atoms with E-state index in [2.05, 4.69) is 103 Å². The molecule has 2 aromatic carbocycles. The molecule has 0 aromatic heterocycles. The summed E-state index contributed by atoms with van der Waals surface area (Å²) in [5.74, 6) is 0. The van der Waals surface area contributed by atoms with Crippen LogP contribution in [0.4, 0.5) is 11.4 Å². The van der Waals surface area contributed by atoms with Gasteiger partial charge in [0.2, 0.25) is 0 Å². The standard InChI is InChI=1S/C12H15N.C11H13N.C2H5.2Y/c1-9-12(2,3)10-7-5-6-8-11(10)13(9)4;1-8-11(2,3)9-6-4-5-7-10(9)12-8;1-2;;/h5-8H,4H2,1-3H3;4-7H,1-3H3;1H2,2H3;;/q;;-1;;. The first-order valence-corrected chi connectivity index (χ1v) is 9.57. The molecule has 2 radical (unpaired) electrons. The number of aliphatic imine (C=N–C) groups is 1. The number of hydrogen-bond acceptors (Lipinski definition) is 1. The van der Waals surface area contributed by atoms with E-state index in [1.165, 1.54) is 28.2 Å². The van der Waals surface area contributed by atoms with Crippen molar-refractivity contribution in [2.75, 3.05) is 0 Å². The molecular formula is C25H33N2Y2-. The Bertz CT molecular complexity index is 893. The van der Waals surface area contributed by atoms with E-state index in [4.69, 9.17) is 0 Å². The third-order valence-corrected chi connectivity index (χ3v) is 5.95. The number of rotatable bonds is 0. The van der Waals surface area contributed by atoms with Crippen LogP contribution < -0.4 is 0 Å². The van der Waals surface area contributed by atoms with Crippen molar-refractivity contribution in [1.29, 1.82) is 0 Å². The van der Waals surface area contributed by atoms with Crippen molar-refractivity contribution in [3.8, 4) is 0 Å². The van der Waals surface area contributed by atoms with Crippen LogP contribution in [0.1, 0.15) is 59.6 Å². The molecule has 2 aromatic rings. The van der Waals surface area contributed by atoms with Gasteiger partial charge in [0.25, 0.3) is 0 Å². The average Bonchev–Trinajstić information content (AvgIpc) is 3.01. The summed E-state index contributed by atoms with van der Waals surface area (Å²) in [6.07, 6.45) is 0. The second kappa shape index (κ2) is 11.5. The zero-order valence-corrected chi connectivity index (χ0v) is 24.8. The fourth-order valence-electron chi connectivity index (χ4n) is 3.57. The van der Waals surface area contributed by atoms with E-state index >= 15 is 0 Å². The molecule has 0 saturated heterocycles. The summed E-state index contributed by atoms with van der Waals surface area (Å²) >= 11 is 0. The fraction of sp³-hybridized carbons (Fsp3) is 0.360. The molecule has 0 spiro atoms. The second-order valence-corrected chi connectivity index (χ2v) is 7.99. The Morgan fingerprint density at radius 3 is 1.76 bits per heavy atom. The van der Waals surface area contributed by atoms with Crippen LogP contribution in [0, 0.1) is 14.0 Å². The topological polar surface area (TPSA) is 15.4 Å². The summed E-state index contributed by atoms with van der Waals surface area (Å²) in [6, 6.07) is 16.8. The maximum absolute atomic E-state index is 4.52. The largest absolute Gasteiger partial charge is 0.346 e. The molecule has 2 nitrogen and oxygen atoms in total. The maximum atomic E-state index is 4.52. The summed E-state index contributed by atoms with van der Waals surface area (Å²) < 4.78 is 2.04. The molecular weight excluding hydrogens is 506 g/mol. The molecule has 0 N–H and O–H groups in total. The minimum absolute atomic E-state index is 0. The van der Waals surface area contributed by atoms with Gasteiger partial charge in [-0.3, -0.25) is 4.99 Å². The van der Waals surface area contributed by atoms with Gasteiger partial charge in [-0.1, -0.05) is 64.1 Å². The molecule has 0 unspecified atom stereocenters. The molecule has 0 saturated carbocycles. The number of benzene rings is 2. The Morgan fingerprint density at radius 2 is 1.24 bits per heavy atom. The third-order valence-electron chi connectivity index (χ3n) is 5.95. The summed E-state index contributed by atoms with van der Waals surface area (Å²) in [4.78, 5) is 4.52. The van der Waals surface area contributed by atoms with Crippen molar-refractivity contribution in [3.05, 3.63) is 73.6 Å². The van der Waals surface area contributed by atoms with Crippen molar-refractivity contribution in [3.63, 3.8) is 0 Å². The maximum Gasteiger partial charge on any atom is 0.108 e. The molecule has 0 aliphatic carbocycles. The smallest absolute Gasteiger partial charge is 0.108 e. The van der Waals surface area contributed by atoms with Crippen molar-refractivity contribution < 1.29 is 70.0 Å². The van der Waals surface area contributed by atoms with E-state index in [1.54, 1.807) is 6.92 Å². The van der Waals surface area contributed by atoms with E-state index in [-0.39, 0.29) is 76.2 Å². The van der Waals surface area contributed by atoms with Gasteiger partial charge in [0.05, 0.1) is 11.4 Å². The minimum Gasteiger partial charge on any atom is -0.346 e. The van der Waals surface area contributed by atoms with Crippen LogP contribution in [0.5, 0.6) is 0 Å². The van der Waals surface area contributed by atoms with Crippen LogP contribution in [-0.2, 0) is 76.2 Å². The predicted octanol–water partition coefficient (Wildman–Crippen LogP) is 6.78. The predicted molar refractivity (Wildman–Crippen MR) is 119 cm³/mol. The van der Waals surface area contributed by atoms with Crippen LogP contribution in [0.15, 0.2) is 53.5 Å². The molecule has 0 bridgehead atoms. The monoisotopic (exact) mass is 539 g/mol. The summed E-state index contributed by atoms with van der Waals surface area (Å²) in [7, 11) is 4.05. The number of fused-ring (bicyclic) bond motifs is 2. The third kappa shape index (κ3) is 5.56. The van der Waals surface area contributed by atoms with Gasteiger partial charge in [-0.2, -0.15) is 6.92 Å². The van der Waals surface area contributed by atoms with Gasteiger partial charge in [0.15, 0.2) is 0 Å². The van der Waals surface area contributed by atoms with Gasteiger partial charge in [0.1, 0.15) is 5.69 Å². The van der Waals surface area contributed by atoms with E-state index in [0.29, 0.717) is 0 Å². The van der Waals surface area contributed by atoms with Gasteiger partial charge in [-0.15, -0.1) is 0 Å². The van der Waals surface area contributed by atoms with Crippen LogP contribution in [-0.4, -0.2) is 16.0 Å². The molecule has 0 fully saturated rings. The number of hydrogen-bond donors (Lipinski definition) is 0. The molecule has 0 atom stereocenters. The molecule has 29 heavy (non-hydrogen) atoms. The Labute approximate surface area is 228 Å². The molecule has 4 heteroatoms. The Kier molecular flexibility index (Phi) is 11.4. The second-order valence-electron chi connectivity index (χ2n) is 7.99. The van der Waals surface area contributed by atoms with Crippen molar-refractivity contribution in [1.82, 2.24) is 0 Å². The van der Waals surface area contributed by atoms with Gasteiger partial charge in [-0.25, -0.2) is 0 Å². The first kappa shape index (κ1) is 28.9. The normalized spacial score (nSPS) is 16.5. The Hall–Kier alpha value is -0.142. The van der Waals surface area contributed by atoms with Gasteiger partial charge < -0.3 is 11.5 Å². The molecule has 2 aliphatic heterocycles. The van der Waals surface area contributed by atoms with Gasteiger partial charge >= 0.3 is 0 Å². The number of nitrogens with zero attached hydrogens (tertiary/aromatic N) is 2. The first-order valence-electron chi connectivity index (χ1n) is 9.57. The summed E-state index contributed by atoms with van der Waals surface area (Å²) in [5, 5.41) is 0. The van der Waals surface area contributed by atoms with Gasteiger partial charge in [-0.05, 0) is 37.1 Å². The zero-order valence-electron chi connectivity index (χ0n) is 19.1. The van der Waals surface area contributed by atoms with Crippen molar-refractivity contribution >= 4 is 22.8 Å². The molecule has 2 aliphatic rings. The molecule has 4 rings (SSSR count). The van der Waals surface area contributed by atoms with E-state index < -0.39 is 0 Å². The fourth-order valence-corrected chi connectivity index (χ4v) is 3.57. The first-order chi connectivity index (χ1) is 12.7. The van der Waals surface area contributed by atoms with Crippen molar-refractivity contribution in [2.45, 2.75) is 59.3 Å². The Morgan fingerprint density at radius 1 is 0.759 bits per heavy atom. The average molecular weight is 539 g/mol. The van der Waals surface area contributed by atoms with Crippen LogP contribution in [0.3, 0.4) is 0 Å². The van der Waals surface area contributed by atoms with E-state index in [9.17, 15) is 0 Å². The van der Waals surface area contributed by atoms with Gasteiger partial charge in [0, 0.05) is 89.0 Å². The van der Waals surface area contributed by atoms with Crippen LogP contribution in [0.2, 0.25) is 0 Å². The quantitative estimate of drug-likeness (QED) is 0.259. The van der Waals surface area contributed by atoms with Crippen molar-refractivity contribution in [2.24, 2.45) is 4.99 Å². The molecule has 0 amide bonds. The minimum atomic E-state index is 0. The summed E-state index contributed by atoms with van der Waals surface area (Å²) in [6.45, 7) is 18.2. The zero-order chi connectivity index (χ0) is 20.4. The van der Waals surface area contributed by atoms with E-state index in [1.807, 2.05) is 10.6 Å².